The largest absolute Gasteiger partial charge is 0.381 e. The quantitative estimate of drug-likeness (QED) is 0.541. The Kier molecular flexibility index (Phi) is 6.23. The highest BCUT2D eigenvalue weighted by atomic mass is 19.2. The van der Waals surface area contributed by atoms with Crippen molar-refractivity contribution >= 4 is 23.1 Å². The molecular weight excluding hydrogens is 393 g/mol. The van der Waals surface area contributed by atoms with Crippen LogP contribution in [0.15, 0.2) is 48.7 Å². The van der Waals surface area contributed by atoms with Crippen LogP contribution in [0.3, 0.4) is 0 Å². The lowest BCUT2D eigenvalue weighted by molar-refractivity contribution is 0.0959. The van der Waals surface area contributed by atoms with Gasteiger partial charge < -0.3 is 16.4 Å². The molecule has 30 heavy (non-hydrogen) atoms. The highest BCUT2D eigenvalue weighted by Gasteiger charge is 2.23. The summed E-state index contributed by atoms with van der Waals surface area (Å²) in [6.07, 6.45) is 6.09. The van der Waals surface area contributed by atoms with Crippen molar-refractivity contribution in [2.24, 2.45) is 0 Å². The highest BCUT2D eigenvalue weighted by Crippen LogP contribution is 2.30. The van der Waals surface area contributed by atoms with Gasteiger partial charge in [0.1, 0.15) is 0 Å². The SMILES string of the molecule is C#CCNC(=O)c1cc(Cc2ccnc(N)c2F)c(F)c(F)c1Nc1ccccc1. The molecule has 0 atom stereocenters. The second kappa shape index (κ2) is 9.01. The number of hydrogen-bond donors (Lipinski definition) is 3. The van der Waals surface area contributed by atoms with Crippen molar-refractivity contribution in [3.63, 3.8) is 0 Å². The summed E-state index contributed by atoms with van der Waals surface area (Å²) in [4.78, 5) is 16.2. The standard InChI is InChI=1S/C22H17F3N4O/c1-2-9-28-22(30)16-12-14(11-13-8-10-27-21(26)18(13)24)17(23)19(25)20(16)29-15-6-4-3-5-7-15/h1,3-8,10,12,29H,9,11H2,(H2,26,27)(H,28,30). The predicted octanol–water partition coefficient (Wildman–Crippen LogP) is 3.78. The first kappa shape index (κ1) is 20.7. The van der Waals surface area contributed by atoms with Crippen LogP contribution in [0.2, 0.25) is 0 Å². The molecule has 0 saturated heterocycles. The zero-order chi connectivity index (χ0) is 21.7. The molecule has 0 bridgehead atoms. The molecule has 1 heterocycles. The molecule has 4 N–H and O–H groups in total. The van der Waals surface area contributed by atoms with Gasteiger partial charge in [-0.05, 0) is 35.4 Å². The third kappa shape index (κ3) is 4.36. The first-order chi connectivity index (χ1) is 14.4. The van der Waals surface area contributed by atoms with Crippen molar-refractivity contribution in [3.05, 3.63) is 82.8 Å². The first-order valence-electron chi connectivity index (χ1n) is 8.85. The summed E-state index contributed by atoms with van der Waals surface area (Å²) in [7, 11) is 0. The van der Waals surface area contributed by atoms with Gasteiger partial charge >= 0.3 is 0 Å². The average molecular weight is 410 g/mol. The fourth-order valence-electron chi connectivity index (χ4n) is 2.84. The highest BCUT2D eigenvalue weighted by molar-refractivity contribution is 6.01. The van der Waals surface area contributed by atoms with E-state index in [4.69, 9.17) is 12.2 Å². The third-order valence-corrected chi connectivity index (χ3v) is 4.30. The maximum atomic E-state index is 15.0. The number of carbonyl (C=O) groups is 1. The Morgan fingerprint density at radius 3 is 2.50 bits per heavy atom. The number of nitrogen functional groups attached to an aromatic ring is 1. The maximum absolute atomic E-state index is 15.0. The Morgan fingerprint density at radius 1 is 1.07 bits per heavy atom. The summed E-state index contributed by atoms with van der Waals surface area (Å²) in [6, 6.07) is 10.9. The smallest absolute Gasteiger partial charge is 0.254 e. The Balaban J connectivity index is 2.09. The molecule has 0 fully saturated rings. The lowest BCUT2D eigenvalue weighted by atomic mass is 9.99. The molecule has 3 rings (SSSR count). The molecule has 1 amide bonds. The van der Waals surface area contributed by atoms with Crippen LogP contribution in [0.5, 0.6) is 0 Å². The summed E-state index contributed by atoms with van der Waals surface area (Å²) in [5, 5.41) is 5.14. The number of rotatable bonds is 6. The van der Waals surface area contributed by atoms with Gasteiger partial charge in [-0.15, -0.1) is 6.42 Å². The Morgan fingerprint density at radius 2 is 1.80 bits per heavy atom. The topological polar surface area (TPSA) is 80.0 Å². The second-order valence-corrected chi connectivity index (χ2v) is 6.31. The Hall–Kier alpha value is -3.99. The molecule has 5 nitrogen and oxygen atoms in total. The van der Waals surface area contributed by atoms with Crippen molar-refractivity contribution < 1.29 is 18.0 Å². The van der Waals surface area contributed by atoms with Crippen molar-refractivity contribution in [2.45, 2.75) is 6.42 Å². The molecule has 0 saturated carbocycles. The second-order valence-electron chi connectivity index (χ2n) is 6.31. The Labute approximate surface area is 171 Å². The number of carbonyl (C=O) groups excluding carboxylic acids is 1. The van der Waals surface area contributed by atoms with Crippen LogP contribution in [-0.2, 0) is 6.42 Å². The number of amides is 1. The van der Waals surface area contributed by atoms with Gasteiger partial charge in [-0.1, -0.05) is 24.1 Å². The summed E-state index contributed by atoms with van der Waals surface area (Å²) in [5.74, 6) is -2.14. The van der Waals surface area contributed by atoms with Crippen molar-refractivity contribution in [3.8, 4) is 12.3 Å². The van der Waals surface area contributed by atoms with E-state index in [1.54, 1.807) is 30.3 Å². The van der Waals surface area contributed by atoms with E-state index in [0.717, 1.165) is 6.07 Å². The number of hydrogen-bond acceptors (Lipinski definition) is 4. The zero-order valence-electron chi connectivity index (χ0n) is 15.7. The summed E-state index contributed by atoms with van der Waals surface area (Å²) >= 11 is 0. The van der Waals surface area contributed by atoms with E-state index < -0.39 is 23.4 Å². The van der Waals surface area contributed by atoms with Gasteiger partial charge in [-0.25, -0.2) is 18.2 Å². The molecule has 0 radical (unpaired) electrons. The van der Waals surface area contributed by atoms with Gasteiger partial charge in [-0.3, -0.25) is 4.79 Å². The molecule has 152 valence electrons. The summed E-state index contributed by atoms with van der Waals surface area (Å²) in [5.41, 5.74) is 5.15. The molecule has 0 aliphatic rings. The van der Waals surface area contributed by atoms with Crippen LogP contribution < -0.4 is 16.4 Å². The van der Waals surface area contributed by atoms with Crippen molar-refractivity contribution in [2.75, 3.05) is 17.6 Å². The number of anilines is 3. The van der Waals surface area contributed by atoms with E-state index >= 15 is 0 Å². The number of nitrogens with two attached hydrogens (primary N) is 1. The van der Waals surface area contributed by atoms with Gasteiger partial charge in [-0.2, -0.15) is 0 Å². The molecule has 8 heteroatoms. The summed E-state index contributed by atoms with van der Waals surface area (Å²) in [6.45, 7) is -0.104. The van der Waals surface area contributed by atoms with E-state index in [1.807, 2.05) is 0 Å². The van der Waals surface area contributed by atoms with E-state index in [1.165, 1.54) is 12.3 Å². The minimum Gasteiger partial charge on any atom is -0.381 e. The molecule has 0 unspecified atom stereocenters. The van der Waals surface area contributed by atoms with E-state index in [2.05, 4.69) is 21.5 Å². The van der Waals surface area contributed by atoms with Crippen LogP contribution in [0.4, 0.5) is 30.4 Å². The minimum atomic E-state index is -1.27. The number of nitrogens with zero attached hydrogens (tertiary/aromatic N) is 1. The number of pyridine rings is 1. The fraction of sp³-hybridized carbons (Fsp3) is 0.0909. The molecule has 0 spiro atoms. The molecule has 0 aliphatic carbocycles. The van der Waals surface area contributed by atoms with E-state index in [9.17, 15) is 18.0 Å². The normalized spacial score (nSPS) is 10.3. The molecular formula is C22H17F3N4O. The van der Waals surface area contributed by atoms with Gasteiger partial charge in [0, 0.05) is 18.3 Å². The molecule has 0 aliphatic heterocycles. The van der Waals surface area contributed by atoms with Crippen LogP contribution in [0, 0.1) is 29.8 Å². The number of aromatic nitrogens is 1. The van der Waals surface area contributed by atoms with Crippen LogP contribution in [0.1, 0.15) is 21.5 Å². The van der Waals surface area contributed by atoms with Crippen molar-refractivity contribution in [1.82, 2.24) is 10.3 Å². The Bertz CT molecular complexity index is 1130. The maximum Gasteiger partial charge on any atom is 0.254 e. The van der Waals surface area contributed by atoms with E-state index in [0.29, 0.717) is 5.69 Å². The minimum absolute atomic E-state index is 0.0135. The lowest BCUT2D eigenvalue weighted by Gasteiger charge is -2.16. The van der Waals surface area contributed by atoms with Crippen LogP contribution in [0.25, 0.3) is 0 Å². The average Bonchev–Trinajstić information content (AvgIpc) is 2.75. The number of benzene rings is 2. The third-order valence-electron chi connectivity index (χ3n) is 4.30. The van der Waals surface area contributed by atoms with Gasteiger partial charge in [0.25, 0.3) is 5.91 Å². The zero-order valence-corrected chi connectivity index (χ0v) is 15.7. The number of halogens is 3. The fourth-order valence-corrected chi connectivity index (χ4v) is 2.84. The number of terminal acetylenes is 1. The molecule has 1 aromatic heterocycles. The predicted molar refractivity (Wildman–Crippen MR) is 109 cm³/mol. The number of nitrogens with one attached hydrogen (secondary N) is 2. The first-order valence-corrected chi connectivity index (χ1v) is 8.85. The molecule has 3 aromatic rings. The van der Waals surface area contributed by atoms with Crippen LogP contribution in [-0.4, -0.2) is 17.4 Å². The van der Waals surface area contributed by atoms with Crippen LogP contribution >= 0.6 is 0 Å². The monoisotopic (exact) mass is 410 g/mol. The number of para-hydroxylation sites is 1. The van der Waals surface area contributed by atoms with Gasteiger partial charge in [0.05, 0.1) is 17.8 Å². The molecule has 2 aromatic carbocycles. The summed E-state index contributed by atoms with van der Waals surface area (Å²) < 4.78 is 44.0. The van der Waals surface area contributed by atoms with E-state index in [-0.39, 0.29) is 41.2 Å². The van der Waals surface area contributed by atoms with Crippen molar-refractivity contribution in [1.29, 1.82) is 0 Å². The van der Waals surface area contributed by atoms with Gasteiger partial charge in [0.15, 0.2) is 23.3 Å². The van der Waals surface area contributed by atoms with Gasteiger partial charge in [0.2, 0.25) is 0 Å². The lowest BCUT2D eigenvalue weighted by Crippen LogP contribution is -2.25.